The largest absolute Gasteiger partial charge is 0.206 e. The number of hydrogen-bond donors (Lipinski definition) is 0. The molecule has 0 radical (unpaired) electrons. The summed E-state index contributed by atoms with van der Waals surface area (Å²) in [4.78, 5) is 0. The van der Waals surface area contributed by atoms with Crippen LogP contribution in [-0.4, -0.2) is 0 Å². The molecule has 0 N–H and O–H groups in total. The van der Waals surface area contributed by atoms with Gasteiger partial charge >= 0.3 is 0 Å². The molecule has 0 amide bonds. The Labute approximate surface area is 168 Å². The number of unbranched alkanes of at least 4 members (excludes halogenated alkanes) is 1. The first-order valence-corrected chi connectivity index (χ1v) is 11.0. The number of halogens is 1. The second-order valence-corrected chi connectivity index (χ2v) is 8.42. The van der Waals surface area contributed by atoms with Gasteiger partial charge in [-0.25, -0.2) is 4.39 Å². The van der Waals surface area contributed by atoms with E-state index in [2.05, 4.69) is 50.2 Å². The third-order valence-corrected chi connectivity index (χ3v) is 6.34. The van der Waals surface area contributed by atoms with Crippen LogP contribution in [0.1, 0.15) is 73.3 Å². The fourth-order valence-corrected chi connectivity index (χ4v) is 4.73. The highest BCUT2D eigenvalue weighted by Gasteiger charge is 2.23. The minimum atomic E-state index is -0.00408. The number of rotatable bonds is 6. The first-order valence-electron chi connectivity index (χ1n) is 11.0. The predicted molar refractivity (Wildman–Crippen MR) is 118 cm³/mol. The Hall–Kier alpha value is -2.15. The van der Waals surface area contributed by atoms with Crippen molar-refractivity contribution in [2.45, 2.75) is 71.1 Å². The zero-order valence-electron chi connectivity index (χ0n) is 17.2. The van der Waals surface area contributed by atoms with Crippen LogP contribution in [0.5, 0.6) is 0 Å². The van der Waals surface area contributed by atoms with Gasteiger partial charge in [0, 0.05) is 5.39 Å². The van der Waals surface area contributed by atoms with Gasteiger partial charge in [0.25, 0.3) is 0 Å². The number of fused-ring (bicyclic) bond motifs is 2. The predicted octanol–water partition coefficient (Wildman–Crippen LogP) is 7.55. The molecule has 146 valence electrons. The first-order chi connectivity index (χ1) is 13.7. The first kappa shape index (κ1) is 19.2. The number of benzene rings is 3. The molecule has 0 aliphatic heterocycles. The van der Waals surface area contributed by atoms with Crippen molar-refractivity contribution in [3.8, 4) is 0 Å². The SMILES string of the molecule is CCCCc1ccc2c(F)c(C3CCc4cc(CCC)ccc4C3)ccc2c1. The van der Waals surface area contributed by atoms with E-state index < -0.39 is 0 Å². The molecule has 0 heterocycles. The molecule has 1 aliphatic carbocycles. The monoisotopic (exact) mass is 374 g/mol. The van der Waals surface area contributed by atoms with Gasteiger partial charge < -0.3 is 0 Å². The summed E-state index contributed by atoms with van der Waals surface area (Å²) in [7, 11) is 0. The summed E-state index contributed by atoms with van der Waals surface area (Å²) in [5.74, 6) is 0.282. The minimum absolute atomic E-state index is 0.00408. The van der Waals surface area contributed by atoms with Crippen LogP contribution in [0.4, 0.5) is 4.39 Å². The van der Waals surface area contributed by atoms with Gasteiger partial charge in [0.05, 0.1) is 0 Å². The lowest BCUT2D eigenvalue weighted by Gasteiger charge is -2.26. The Morgan fingerprint density at radius 2 is 1.68 bits per heavy atom. The summed E-state index contributed by atoms with van der Waals surface area (Å²) in [6, 6.07) is 17.4. The Morgan fingerprint density at radius 3 is 2.50 bits per heavy atom. The third-order valence-electron chi connectivity index (χ3n) is 6.34. The van der Waals surface area contributed by atoms with Gasteiger partial charge in [0.2, 0.25) is 0 Å². The summed E-state index contributed by atoms with van der Waals surface area (Å²) in [6.07, 6.45) is 8.85. The Balaban J connectivity index is 1.60. The second-order valence-electron chi connectivity index (χ2n) is 8.42. The zero-order valence-corrected chi connectivity index (χ0v) is 17.2. The second kappa shape index (κ2) is 8.47. The van der Waals surface area contributed by atoms with E-state index in [9.17, 15) is 0 Å². The molecule has 4 rings (SSSR count). The minimum Gasteiger partial charge on any atom is -0.206 e. The molecule has 28 heavy (non-hydrogen) atoms. The molecular weight excluding hydrogens is 343 g/mol. The van der Waals surface area contributed by atoms with E-state index in [0.717, 1.165) is 48.4 Å². The van der Waals surface area contributed by atoms with Crippen LogP contribution in [0.2, 0.25) is 0 Å². The van der Waals surface area contributed by atoms with Gasteiger partial charge in [-0.15, -0.1) is 0 Å². The van der Waals surface area contributed by atoms with Crippen LogP contribution in [0.3, 0.4) is 0 Å². The smallest absolute Gasteiger partial charge is 0.134 e. The maximum absolute atomic E-state index is 15.4. The van der Waals surface area contributed by atoms with Crippen molar-refractivity contribution in [1.82, 2.24) is 0 Å². The molecule has 0 saturated heterocycles. The van der Waals surface area contributed by atoms with Crippen LogP contribution in [0.15, 0.2) is 48.5 Å². The highest BCUT2D eigenvalue weighted by Crippen LogP contribution is 2.36. The summed E-state index contributed by atoms with van der Waals surface area (Å²) in [6.45, 7) is 4.44. The molecule has 1 aliphatic rings. The van der Waals surface area contributed by atoms with Crippen molar-refractivity contribution >= 4 is 10.8 Å². The van der Waals surface area contributed by atoms with Crippen LogP contribution < -0.4 is 0 Å². The van der Waals surface area contributed by atoms with Crippen LogP contribution in [-0.2, 0) is 25.7 Å². The Kier molecular flexibility index (Phi) is 5.80. The van der Waals surface area contributed by atoms with Crippen LogP contribution >= 0.6 is 0 Å². The quantitative estimate of drug-likeness (QED) is 0.418. The lowest BCUT2D eigenvalue weighted by molar-refractivity contribution is 0.539. The lowest BCUT2D eigenvalue weighted by Crippen LogP contribution is -2.14. The molecule has 0 spiro atoms. The molecular formula is C27H31F. The van der Waals surface area contributed by atoms with Gasteiger partial charge in [-0.2, -0.15) is 0 Å². The highest BCUT2D eigenvalue weighted by molar-refractivity contribution is 5.84. The van der Waals surface area contributed by atoms with Crippen LogP contribution in [0.25, 0.3) is 10.8 Å². The fourth-order valence-electron chi connectivity index (χ4n) is 4.73. The maximum atomic E-state index is 15.4. The molecule has 3 aromatic carbocycles. The molecule has 0 aromatic heterocycles. The molecule has 1 heteroatoms. The van der Waals surface area contributed by atoms with Gasteiger partial charge in [-0.3, -0.25) is 0 Å². The van der Waals surface area contributed by atoms with Crippen molar-refractivity contribution in [3.05, 3.63) is 82.2 Å². The Bertz CT molecular complexity index is 969. The van der Waals surface area contributed by atoms with Gasteiger partial charge in [0.15, 0.2) is 0 Å². The van der Waals surface area contributed by atoms with Crippen molar-refractivity contribution in [2.75, 3.05) is 0 Å². The van der Waals surface area contributed by atoms with Crippen molar-refractivity contribution in [1.29, 1.82) is 0 Å². The van der Waals surface area contributed by atoms with Crippen molar-refractivity contribution < 1.29 is 4.39 Å². The van der Waals surface area contributed by atoms with Gasteiger partial charge in [0.1, 0.15) is 5.82 Å². The fraction of sp³-hybridized carbons (Fsp3) is 0.407. The molecule has 0 fully saturated rings. The molecule has 0 saturated carbocycles. The van der Waals surface area contributed by atoms with E-state index in [0.29, 0.717) is 0 Å². The normalized spacial score (nSPS) is 16.3. The summed E-state index contributed by atoms with van der Waals surface area (Å²) in [5, 5.41) is 1.82. The average molecular weight is 375 g/mol. The molecule has 0 bridgehead atoms. The van der Waals surface area contributed by atoms with E-state index in [-0.39, 0.29) is 11.7 Å². The zero-order chi connectivity index (χ0) is 19.5. The van der Waals surface area contributed by atoms with Crippen LogP contribution in [0, 0.1) is 5.82 Å². The van der Waals surface area contributed by atoms with Gasteiger partial charge in [-0.1, -0.05) is 75.2 Å². The van der Waals surface area contributed by atoms with Crippen molar-refractivity contribution in [2.24, 2.45) is 0 Å². The molecule has 1 unspecified atom stereocenters. The van der Waals surface area contributed by atoms with E-state index in [4.69, 9.17) is 0 Å². The summed E-state index contributed by atoms with van der Waals surface area (Å²) >= 11 is 0. The highest BCUT2D eigenvalue weighted by atomic mass is 19.1. The van der Waals surface area contributed by atoms with Crippen molar-refractivity contribution in [3.63, 3.8) is 0 Å². The van der Waals surface area contributed by atoms with E-state index in [1.54, 1.807) is 0 Å². The summed E-state index contributed by atoms with van der Waals surface area (Å²) < 4.78 is 15.4. The average Bonchev–Trinajstić information content (AvgIpc) is 2.72. The number of aryl methyl sites for hydroxylation is 3. The standard InChI is InChI=1S/C27H31F/c1-3-5-7-20-9-14-25-23(17-20)13-15-26(27(25)28)24-12-11-21-16-19(6-4-2)8-10-22(21)18-24/h8-10,13-17,24H,3-7,11-12,18H2,1-2H3. The third kappa shape index (κ3) is 3.85. The topological polar surface area (TPSA) is 0 Å². The lowest BCUT2D eigenvalue weighted by atomic mass is 9.79. The van der Waals surface area contributed by atoms with E-state index >= 15 is 4.39 Å². The van der Waals surface area contributed by atoms with E-state index in [1.807, 2.05) is 12.1 Å². The van der Waals surface area contributed by atoms with E-state index in [1.165, 1.54) is 41.5 Å². The Morgan fingerprint density at radius 1 is 0.857 bits per heavy atom. The summed E-state index contributed by atoms with van der Waals surface area (Å²) in [5.41, 5.74) is 6.54. The maximum Gasteiger partial charge on any atom is 0.134 e. The molecule has 1 atom stereocenters. The molecule has 0 nitrogen and oxygen atoms in total. The van der Waals surface area contributed by atoms with Gasteiger partial charge in [-0.05, 0) is 77.6 Å². The number of hydrogen-bond acceptors (Lipinski definition) is 0. The molecule has 3 aromatic rings.